The van der Waals surface area contributed by atoms with Crippen molar-refractivity contribution in [1.29, 1.82) is 0 Å². The van der Waals surface area contributed by atoms with Crippen LogP contribution < -0.4 is 4.84 Å². The molecule has 18 heavy (non-hydrogen) atoms. The van der Waals surface area contributed by atoms with E-state index in [4.69, 9.17) is 0 Å². The van der Waals surface area contributed by atoms with Crippen LogP contribution in [-0.2, 0) is 0 Å². The van der Waals surface area contributed by atoms with Gasteiger partial charge in [0.15, 0.2) is 5.75 Å². The maximum atomic E-state index is 10.4. The molecule has 0 saturated heterocycles. The lowest BCUT2D eigenvalue weighted by atomic mass is 10.2. The fourth-order valence-electron chi connectivity index (χ4n) is 1.77. The second kappa shape index (κ2) is 3.92. The van der Waals surface area contributed by atoms with Gasteiger partial charge < -0.3 is 0 Å². The summed E-state index contributed by atoms with van der Waals surface area (Å²) in [5.41, 5.74) is 2.36. The number of hydrogen-bond donors (Lipinski definition) is 0. The Morgan fingerprint density at radius 1 is 0.944 bits per heavy atom. The van der Waals surface area contributed by atoms with Gasteiger partial charge in [-0.15, -0.1) is 10.1 Å². The number of fused-ring (bicyclic) bond motifs is 2. The molecule has 0 saturated carbocycles. The first kappa shape index (κ1) is 10.4. The van der Waals surface area contributed by atoms with E-state index in [1.54, 1.807) is 18.2 Å². The van der Waals surface area contributed by atoms with Crippen LogP contribution in [0.25, 0.3) is 22.1 Å². The molecule has 88 valence electrons. The smallest absolute Gasteiger partial charge is 0.274 e. The first-order chi connectivity index (χ1) is 8.74. The van der Waals surface area contributed by atoms with Crippen molar-refractivity contribution in [2.75, 3.05) is 0 Å². The van der Waals surface area contributed by atoms with Gasteiger partial charge in [-0.3, -0.25) is 4.84 Å². The van der Waals surface area contributed by atoms with E-state index in [0.29, 0.717) is 16.6 Å². The molecule has 0 aliphatic carbocycles. The van der Waals surface area contributed by atoms with Gasteiger partial charge in [0.2, 0.25) is 0 Å². The Hall–Kier alpha value is -2.76. The highest BCUT2D eigenvalue weighted by molar-refractivity contribution is 5.89. The third-order valence-electron chi connectivity index (χ3n) is 2.51. The summed E-state index contributed by atoms with van der Waals surface area (Å²) in [5, 5.41) is 9.56. The number of para-hydroxylation sites is 3. The van der Waals surface area contributed by atoms with Gasteiger partial charge >= 0.3 is 0 Å². The quantitative estimate of drug-likeness (QED) is 0.391. The van der Waals surface area contributed by atoms with Crippen LogP contribution in [-0.4, -0.2) is 15.1 Å². The monoisotopic (exact) mass is 241 g/mol. The SMILES string of the molecule is O=[N+]([O-])Oc1cccc2nc3ccccc3nc12. The van der Waals surface area contributed by atoms with E-state index in [2.05, 4.69) is 14.8 Å². The van der Waals surface area contributed by atoms with Gasteiger partial charge in [-0.2, -0.15) is 0 Å². The first-order valence-corrected chi connectivity index (χ1v) is 5.22. The molecule has 0 fully saturated rings. The molecule has 6 heteroatoms. The molecule has 0 unspecified atom stereocenters. The molecule has 3 rings (SSSR count). The van der Waals surface area contributed by atoms with E-state index in [-0.39, 0.29) is 5.75 Å². The summed E-state index contributed by atoms with van der Waals surface area (Å²) in [6.07, 6.45) is 0. The zero-order chi connectivity index (χ0) is 12.5. The lowest BCUT2D eigenvalue weighted by Gasteiger charge is -2.04. The summed E-state index contributed by atoms with van der Waals surface area (Å²) in [7, 11) is 0. The van der Waals surface area contributed by atoms with E-state index < -0.39 is 5.09 Å². The zero-order valence-electron chi connectivity index (χ0n) is 9.11. The third kappa shape index (κ3) is 1.69. The van der Waals surface area contributed by atoms with E-state index in [1.807, 2.05) is 18.2 Å². The molecule has 0 aliphatic heterocycles. The lowest BCUT2D eigenvalue weighted by Crippen LogP contribution is -2.04. The number of hydrogen-bond acceptors (Lipinski definition) is 5. The molecule has 6 nitrogen and oxygen atoms in total. The summed E-state index contributed by atoms with van der Waals surface area (Å²) in [4.78, 5) is 23.6. The Bertz CT molecular complexity index is 758. The molecule has 0 N–H and O–H groups in total. The molecule has 0 aliphatic rings. The van der Waals surface area contributed by atoms with E-state index >= 15 is 0 Å². The van der Waals surface area contributed by atoms with Gasteiger partial charge in [-0.25, -0.2) is 9.97 Å². The van der Waals surface area contributed by atoms with Gasteiger partial charge in [0, 0.05) is 0 Å². The highest BCUT2D eigenvalue weighted by atomic mass is 17.0. The van der Waals surface area contributed by atoms with Crippen molar-refractivity contribution in [3.8, 4) is 5.75 Å². The Morgan fingerprint density at radius 2 is 1.61 bits per heavy atom. The van der Waals surface area contributed by atoms with Crippen LogP contribution in [0.3, 0.4) is 0 Å². The maximum absolute atomic E-state index is 10.4. The minimum absolute atomic E-state index is 0.0933. The average Bonchev–Trinajstić information content (AvgIpc) is 2.36. The standard InChI is InChI=1S/C12H7N3O3/c16-15(17)18-11-7-3-6-10-12(11)14-9-5-2-1-4-8(9)13-10/h1-7H. The topological polar surface area (TPSA) is 78.2 Å². The van der Waals surface area contributed by atoms with Gasteiger partial charge in [-0.05, 0) is 24.3 Å². The van der Waals surface area contributed by atoms with Crippen LogP contribution in [0.4, 0.5) is 0 Å². The molecular formula is C12H7N3O3. The van der Waals surface area contributed by atoms with Crippen LogP contribution in [0.2, 0.25) is 0 Å². The second-order valence-electron chi connectivity index (χ2n) is 3.65. The zero-order valence-corrected chi connectivity index (χ0v) is 9.11. The lowest BCUT2D eigenvalue weighted by molar-refractivity contribution is -0.710. The van der Waals surface area contributed by atoms with E-state index in [1.165, 1.54) is 6.07 Å². The molecule has 0 atom stereocenters. The second-order valence-corrected chi connectivity index (χ2v) is 3.65. The van der Waals surface area contributed by atoms with Crippen molar-refractivity contribution < 1.29 is 9.92 Å². The fourth-order valence-corrected chi connectivity index (χ4v) is 1.77. The van der Waals surface area contributed by atoms with Crippen molar-refractivity contribution in [2.45, 2.75) is 0 Å². The van der Waals surface area contributed by atoms with Gasteiger partial charge in [0.05, 0.1) is 16.6 Å². The largest absolute Gasteiger partial charge is 0.299 e. The van der Waals surface area contributed by atoms with Crippen LogP contribution in [0.15, 0.2) is 42.5 Å². The first-order valence-electron chi connectivity index (χ1n) is 5.22. The van der Waals surface area contributed by atoms with Crippen molar-refractivity contribution in [3.05, 3.63) is 52.6 Å². The van der Waals surface area contributed by atoms with Crippen LogP contribution in [0.5, 0.6) is 5.75 Å². The molecule has 2 aromatic carbocycles. The number of rotatable bonds is 2. The van der Waals surface area contributed by atoms with Gasteiger partial charge in [-0.1, -0.05) is 18.2 Å². The Labute approximate surface area is 101 Å². The Balaban J connectivity index is 2.32. The summed E-state index contributed by atoms with van der Waals surface area (Å²) < 4.78 is 0. The molecule has 1 heterocycles. The van der Waals surface area contributed by atoms with Crippen LogP contribution in [0.1, 0.15) is 0 Å². The average molecular weight is 241 g/mol. The van der Waals surface area contributed by atoms with Gasteiger partial charge in [0.25, 0.3) is 5.09 Å². The van der Waals surface area contributed by atoms with Crippen molar-refractivity contribution in [1.82, 2.24) is 9.97 Å². The van der Waals surface area contributed by atoms with Crippen LogP contribution >= 0.6 is 0 Å². The van der Waals surface area contributed by atoms with Crippen molar-refractivity contribution in [2.24, 2.45) is 0 Å². The summed E-state index contributed by atoms with van der Waals surface area (Å²) in [6.45, 7) is 0. The van der Waals surface area contributed by atoms with Crippen molar-refractivity contribution in [3.63, 3.8) is 0 Å². The Kier molecular flexibility index (Phi) is 2.26. The van der Waals surface area contributed by atoms with E-state index in [0.717, 1.165) is 5.52 Å². The third-order valence-corrected chi connectivity index (χ3v) is 2.51. The van der Waals surface area contributed by atoms with Gasteiger partial charge in [0.1, 0.15) is 5.52 Å². The van der Waals surface area contributed by atoms with E-state index in [9.17, 15) is 10.1 Å². The highest BCUT2D eigenvalue weighted by Crippen LogP contribution is 2.24. The number of nitrogens with zero attached hydrogens (tertiary/aromatic N) is 3. The minimum atomic E-state index is -0.856. The summed E-state index contributed by atoms with van der Waals surface area (Å²) in [5.74, 6) is 0.0933. The molecule has 3 aromatic rings. The number of benzene rings is 2. The molecule has 1 aromatic heterocycles. The molecule has 0 bridgehead atoms. The molecule has 0 radical (unpaired) electrons. The maximum Gasteiger partial charge on any atom is 0.299 e. The predicted octanol–water partition coefficient (Wildman–Crippen LogP) is 2.35. The van der Waals surface area contributed by atoms with Crippen LogP contribution in [0, 0.1) is 10.1 Å². The number of aromatic nitrogens is 2. The minimum Gasteiger partial charge on any atom is -0.274 e. The molecular weight excluding hydrogens is 234 g/mol. The Morgan fingerprint density at radius 3 is 2.33 bits per heavy atom. The highest BCUT2D eigenvalue weighted by Gasteiger charge is 2.08. The normalized spacial score (nSPS) is 10.7. The fraction of sp³-hybridized carbons (Fsp3) is 0. The summed E-state index contributed by atoms with van der Waals surface area (Å²) in [6, 6.07) is 12.2. The summed E-state index contributed by atoms with van der Waals surface area (Å²) >= 11 is 0. The molecule has 0 amide bonds. The predicted molar refractivity (Wildman–Crippen MR) is 64.7 cm³/mol. The van der Waals surface area contributed by atoms with Crippen molar-refractivity contribution >= 4 is 22.1 Å². The molecule has 0 spiro atoms.